The molecule has 1 aliphatic rings. The van der Waals surface area contributed by atoms with Crippen LogP contribution in [0.5, 0.6) is 0 Å². The smallest absolute Gasteiger partial charge is 0.272 e. The molecule has 8 nitrogen and oxygen atoms in total. The first-order valence-corrected chi connectivity index (χ1v) is 6.85. The first-order valence-electron chi connectivity index (χ1n) is 6.85. The van der Waals surface area contributed by atoms with Crippen LogP contribution in [0.15, 0.2) is 12.4 Å². The maximum absolute atomic E-state index is 12.1. The zero-order chi connectivity index (χ0) is 16.2. The van der Waals surface area contributed by atoms with Crippen molar-refractivity contribution in [3.8, 4) is 0 Å². The van der Waals surface area contributed by atoms with Crippen molar-refractivity contribution in [1.29, 1.82) is 0 Å². The van der Waals surface area contributed by atoms with E-state index in [1.54, 1.807) is 0 Å². The molecule has 0 saturated carbocycles. The minimum absolute atomic E-state index is 0.00668. The van der Waals surface area contributed by atoms with E-state index in [0.717, 1.165) is 0 Å². The van der Waals surface area contributed by atoms with Gasteiger partial charge in [-0.05, 0) is 6.42 Å². The van der Waals surface area contributed by atoms with Crippen LogP contribution in [0, 0.1) is 0 Å². The van der Waals surface area contributed by atoms with Crippen molar-refractivity contribution in [2.45, 2.75) is 12.0 Å². The van der Waals surface area contributed by atoms with Gasteiger partial charge < -0.3 is 16.2 Å². The van der Waals surface area contributed by atoms with Crippen molar-refractivity contribution in [3.63, 3.8) is 0 Å². The van der Waals surface area contributed by atoms with E-state index in [-0.39, 0.29) is 17.9 Å². The normalized spacial score (nSPS) is 16.8. The lowest BCUT2D eigenvalue weighted by molar-refractivity contribution is -0.0940. The molecule has 1 aromatic heterocycles. The number of likely N-dealkylation sites (tertiary alicyclic amines) is 1. The predicted octanol–water partition coefficient (Wildman–Crippen LogP) is -1.29. The molecule has 1 saturated heterocycles. The molecule has 0 aromatic carbocycles. The van der Waals surface area contributed by atoms with E-state index in [2.05, 4.69) is 15.3 Å². The Morgan fingerprint density at radius 1 is 1.36 bits per heavy atom. The second-order valence-electron chi connectivity index (χ2n) is 5.28. The number of nitrogens with zero attached hydrogens (tertiary/aromatic N) is 3. The molecule has 1 fully saturated rings. The van der Waals surface area contributed by atoms with E-state index in [1.165, 1.54) is 12.4 Å². The molecule has 0 unspecified atom stereocenters. The number of halogens is 1. The number of aromatic nitrogens is 2. The summed E-state index contributed by atoms with van der Waals surface area (Å²) in [5, 5.41) is 12.7. The Kier molecular flexibility index (Phi) is 4.99. The lowest BCUT2D eigenvalue weighted by Gasteiger charge is -2.46. The number of hydrogen-bond acceptors (Lipinski definition) is 6. The molecule has 1 aromatic rings. The van der Waals surface area contributed by atoms with Gasteiger partial charge in [0.2, 0.25) is 0 Å². The molecule has 120 valence electrons. The number of rotatable bonds is 7. The van der Waals surface area contributed by atoms with Crippen molar-refractivity contribution < 1.29 is 19.1 Å². The molecule has 0 bridgehead atoms. The third kappa shape index (κ3) is 3.74. The molecule has 2 rings (SSSR count). The number of primary amides is 1. The number of carbonyl (C=O) groups excluding carboxylic acids is 2. The van der Waals surface area contributed by atoms with Crippen LogP contribution in [0.25, 0.3) is 0 Å². The Morgan fingerprint density at radius 3 is 2.59 bits per heavy atom. The summed E-state index contributed by atoms with van der Waals surface area (Å²) in [6.07, 6.45) is 2.96. The van der Waals surface area contributed by atoms with Crippen molar-refractivity contribution in [1.82, 2.24) is 20.2 Å². The van der Waals surface area contributed by atoms with Crippen LogP contribution in [0.3, 0.4) is 0 Å². The number of carbonyl (C=O) groups is 2. The van der Waals surface area contributed by atoms with Gasteiger partial charge in [0.25, 0.3) is 11.8 Å². The molecular weight excluding hydrogens is 293 g/mol. The van der Waals surface area contributed by atoms with E-state index >= 15 is 0 Å². The van der Waals surface area contributed by atoms with Gasteiger partial charge in [-0.2, -0.15) is 0 Å². The van der Waals surface area contributed by atoms with Crippen LogP contribution in [-0.2, 0) is 0 Å². The molecule has 4 N–H and O–H groups in total. The average molecular weight is 311 g/mol. The molecule has 2 heterocycles. The zero-order valence-corrected chi connectivity index (χ0v) is 12.0. The average Bonchev–Trinajstić information content (AvgIpc) is 2.48. The second-order valence-corrected chi connectivity index (χ2v) is 5.28. The van der Waals surface area contributed by atoms with E-state index in [1.807, 2.05) is 4.90 Å². The van der Waals surface area contributed by atoms with Gasteiger partial charge in [-0.3, -0.25) is 18.9 Å². The molecule has 9 heteroatoms. The summed E-state index contributed by atoms with van der Waals surface area (Å²) >= 11 is 0. The minimum atomic E-state index is -1.05. The van der Waals surface area contributed by atoms with Gasteiger partial charge in [0.1, 0.15) is 5.60 Å². The number of alkyl halides is 1. The van der Waals surface area contributed by atoms with Gasteiger partial charge in [0, 0.05) is 38.6 Å². The summed E-state index contributed by atoms with van der Waals surface area (Å²) in [7, 11) is 0. The van der Waals surface area contributed by atoms with E-state index in [9.17, 15) is 19.1 Å². The summed E-state index contributed by atoms with van der Waals surface area (Å²) in [4.78, 5) is 32.6. The molecule has 22 heavy (non-hydrogen) atoms. The Labute approximate surface area is 126 Å². The summed E-state index contributed by atoms with van der Waals surface area (Å²) in [6.45, 7) is 0.899. The number of nitrogens with one attached hydrogen (secondary N) is 1. The number of aliphatic hydroxyl groups is 1. The summed E-state index contributed by atoms with van der Waals surface area (Å²) in [5.41, 5.74) is 3.68. The molecule has 2 amide bonds. The number of hydrogen-bond donors (Lipinski definition) is 3. The third-order valence-corrected chi connectivity index (χ3v) is 3.37. The Balaban J connectivity index is 1.88. The van der Waals surface area contributed by atoms with Gasteiger partial charge in [-0.25, -0.2) is 9.97 Å². The number of nitrogens with two attached hydrogens (primary N) is 1. The van der Waals surface area contributed by atoms with Gasteiger partial charge in [-0.1, -0.05) is 0 Å². The summed E-state index contributed by atoms with van der Waals surface area (Å²) in [5.74, 6) is -1.48. The van der Waals surface area contributed by atoms with Crippen LogP contribution < -0.4 is 11.1 Å². The van der Waals surface area contributed by atoms with Gasteiger partial charge in [-0.15, -0.1) is 0 Å². The van der Waals surface area contributed by atoms with Gasteiger partial charge >= 0.3 is 0 Å². The predicted molar refractivity (Wildman–Crippen MR) is 74.9 cm³/mol. The summed E-state index contributed by atoms with van der Waals surface area (Å²) < 4.78 is 12.1. The molecule has 0 radical (unpaired) electrons. The van der Waals surface area contributed by atoms with Crippen LogP contribution in [0.2, 0.25) is 0 Å². The highest BCUT2D eigenvalue weighted by atomic mass is 19.1. The number of amides is 2. The Bertz CT molecular complexity index is 562. The first kappa shape index (κ1) is 16.2. The summed E-state index contributed by atoms with van der Waals surface area (Å²) in [6, 6.07) is 0. The van der Waals surface area contributed by atoms with Crippen molar-refractivity contribution >= 4 is 11.8 Å². The maximum Gasteiger partial charge on any atom is 0.272 e. The maximum atomic E-state index is 12.1. The fraction of sp³-hybridized carbons (Fsp3) is 0.538. The topological polar surface area (TPSA) is 121 Å². The van der Waals surface area contributed by atoms with Crippen molar-refractivity contribution in [3.05, 3.63) is 23.8 Å². The fourth-order valence-corrected chi connectivity index (χ4v) is 2.35. The second kappa shape index (κ2) is 6.75. The lowest BCUT2D eigenvalue weighted by atomic mass is 9.94. The molecule has 0 aliphatic carbocycles. The minimum Gasteiger partial charge on any atom is -0.385 e. The fourth-order valence-electron chi connectivity index (χ4n) is 2.35. The highest BCUT2D eigenvalue weighted by Crippen LogP contribution is 2.20. The third-order valence-electron chi connectivity index (χ3n) is 3.37. The number of β-amino-alcohol motifs (C(OH)–C–C–N with tert-alkyl or cyclic N) is 1. The largest absolute Gasteiger partial charge is 0.385 e. The molecule has 0 spiro atoms. The van der Waals surface area contributed by atoms with Crippen LogP contribution in [0.4, 0.5) is 4.39 Å². The lowest BCUT2D eigenvalue weighted by Crippen LogP contribution is -2.66. The van der Waals surface area contributed by atoms with Crippen molar-refractivity contribution in [2.24, 2.45) is 5.73 Å². The monoisotopic (exact) mass is 311 g/mol. The molecule has 1 aliphatic heterocycles. The standard InChI is InChI=1S/C13H18FN5O3/c14-2-1-5-19-7-13(22,8-19)6-18-12(21)10-9(11(15)20)16-3-4-17-10/h3-4,22H,1-2,5-8H2,(H2,15,20)(H,18,21). The van der Waals surface area contributed by atoms with Crippen LogP contribution in [0.1, 0.15) is 27.4 Å². The van der Waals surface area contributed by atoms with Gasteiger partial charge in [0.05, 0.1) is 6.67 Å². The van der Waals surface area contributed by atoms with Gasteiger partial charge in [0.15, 0.2) is 11.4 Å². The first-order chi connectivity index (χ1) is 10.4. The Morgan fingerprint density at radius 2 is 2.00 bits per heavy atom. The quantitative estimate of drug-likeness (QED) is 0.576. The Hall–Kier alpha value is -2.13. The SMILES string of the molecule is NC(=O)c1nccnc1C(=O)NCC1(O)CN(CCCF)C1. The highest BCUT2D eigenvalue weighted by Gasteiger charge is 2.41. The zero-order valence-electron chi connectivity index (χ0n) is 12.0. The van der Waals surface area contributed by atoms with E-state index in [4.69, 9.17) is 5.73 Å². The molecular formula is C13H18FN5O3. The van der Waals surface area contributed by atoms with Crippen LogP contribution >= 0.6 is 0 Å². The highest BCUT2D eigenvalue weighted by molar-refractivity contribution is 6.03. The van der Waals surface area contributed by atoms with Crippen molar-refractivity contribution in [2.75, 3.05) is 32.9 Å². The molecule has 0 atom stereocenters. The van der Waals surface area contributed by atoms with Crippen LogP contribution in [-0.4, -0.2) is 70.2 Å². The van der Waals surface area contributed by atoms with E-state index < -0.39 is 24.1 Å². The van der Waals surface area contributed by atoms with E-state index in [0.29, 0.717) is 26.1 Å².